The van der Waals surface area contributed by atoms with Crippen LogP contribution in [-0.4, -0.2) is 46.4 Å². The molecule has 1 aliphatic rings. The molecule has 0 aliphatic carbocycles. The Labute approximate surface area is 155 Å². The van der Waals surface area contributed by atoms with Crippen molar-refractivity contribution >= 4 is 34.1 Å². The molecule has 0 atom stereocenters. The van der Waals surface area contributed by atoms with Crippen molar-refractivity contribution in [2.24, 2.45) is 0 Å². The Morgan fingerprint density at radius 1 is 1.36 bits per heavy atom. The van der Waals surface area contributed by atoms with Gasteiger partial charge in [-0.15, -0.1) is 10.2 Å². The van der Waals surface area contributed by atoms with E-state index in [9.17, 15) is 9.18 Å². The van der Waals surface area contributed by atoms with Gasteiger partial charge < -0.3 is 9.80 Å². The number of anilines is 1. The van der Waals surface area contributed by atoms with Gasteiger partial charge in [0.05, 0.1) is 5.75 Å². The Kier molecular flexibility index (Phi) is 6.25. The molecule has 2 heterocycles. The lowest BCUT2D eigenvalue weighted by Crippen LogP contribution is -2.31. The van der Waals surface area contributed by atoms with Crippen LogP contribution >= 0.6 is 23.1 Å². The smallest absolute Gasteiger partial charge is 0.233 e. The average molecular weight is 381 g/mol. The molecule has 0 N–H and O–H groups in total. The Morgan fingerprint density at radius 3 is 2.88 bits per heavy atom. The maximum atomic E-state index is 13.3. The van der Waals surface area contributed by atoms with Gasteiger partial charge in [-0.2, -0.15) is 0 Å². The lowest BCUT2D eigenvalue weighted by Gasteiger charge is -2.20. The molecule has 0 spiro atoms. The molecule has 0 radical (unpaired) electrons. The van der Waals surface area contributed by atoms with Gasteiger partial charge in [0.15, 0.2) is 4.34 Å². The highest BCUT2D eigenvalue weighted by Gasteiger charge is 2.18. The van der Waals surface area contributed by atoms with E-state index in [0.717, 1.165) is 28.1 Å². The molecule has 0 unspecified atom stereocenters. The van der Waals surface area contributed by atoms with Crippen LogP contribution in [0.3, 0.4) is 0 Å². The number of benzene rings is 1. The average Bonchev–Trinajstić information content (AvgIpc) is 3.28. The summed E-state index contributed by atoms with van der Waals surface area (Å²) in [6.07, 6.45) is 2.40. The summed E-state index contributed by atoms with van der Waals surface area (Å²) in [4.78, 5) is 16.4. The van der Waals surface area contributed by atoms with Crippen molar-refractivity contribution in [2.75, 3.05) is 30.3 Å². The van der Waals surface area contributed by atoms with Crippen LogP contribution in [0.15, 0.2) is 28.6 Å². The molecule has 1 amide bonds. The van der Waals surface area contributed by atoms with E-state index in [2.05, 4.69) is 15.1 Å². The summed E-state index contributed by atoms with van der Waals surface area (Å²) in [6, 6.07) is 6.37. The molecule has 3 rings (SSSR count). The Morgan fingerprint density at radius 2 is 2.16 bits per heavy atom. The fourth-order valence-corrected chi connectivity index (χ4v) is 4.54. The molecule has 1 aliphatic heterocycles. The second-order valence-electron chi connectivity index (χ2n) is 5.87. The van der Waals surface area contributed by atoms with Crippen LogP contribution in [0.2, 0.25) is 0 Å². The minimum Gasteiger partial charge on any atom is -0.347 e. The van der Waals surface area contributed by atoms with Crippen LogP contribution in [0.25, 0.3) is 0 Å². The topological polar surface area (TPSA) is 49.3 Å². The number of halogens is 1. The number of thioether (sulfide) groups is 1. The van der Waals surface area contributed by atoms with Crippen LogP contribution in [0.1, 0.15) is 25.3 Å². The quantitative estimate of drug-likeness (QED) is 0.689. The third-order valence-electron chi connectivity index (χ3n) is 4.09. The SMILES string of the molecule is CCN(Cc1cccc(F)c1)C(=O)CSc1nnc(N2CCCC2)s1. The fraction of sp³-hybridized carbons (Fsp3) is 0.471. The second-order valence-corrected chi connectivity index (χ2v) is 8.05. The largest absolute Gasteiger partial charge is 0.347 e. The van der Waals surface area contributed by atoms with E-state index in [4.69, 9.17) is 0 Å². The zero-order valence-corrected chi connectivity index (χ0v) is 15.8. The van der Waals surface area contributed by atoms with E-state index >= 15 is 0 Å². The van der Waals surface area contributed by atoms with E-state index < -0.39 is 0 Å². The maximum Gasteiger partial charge on any atom is 0.233 e. The molecule has 2 aromatic rings. The van der Waals surface area contributed by atoms with Crippen molar-refractivity contribution in [3.63, 3.8) is 0 Å². The molecular weight excluding hydrogens is 359 g/mol. The van der Waals surface area contributed by atoms with Gasteiger partial charge in [0.1, 0.15) is 5.82 Å². The highest BCUT2D eigenvalue weighted by atomic mass is 32.2. The highest BCUT2D eigenvalue weighted by Crippen LogP contribution is 2.30. The number of amides is 1. The number of carbonyl (C=O) groups is 1. The van der Waals surface area contributed by atoms with Crippen LogP contribution in [-0.2, 0) is 11.3 Å². The minimum atomic E-state index is -0.279. The van der Waals surface area contributed by atoms with E-state index in [1.807, 2.05) is 13.0 Å². The monoisotopic (exact) mass is 380 g/mol. The summed E-state index contributed by atoms with van der Waals surface area (Å²) in [6.45, 7) is 5.01. The zero-order valence-electron chi connectivity index (χ0n) is 14.2. The van der Waals surface area contributed by atoms with Gasteiger partial charge in [-0.3, -0.25) is 4.79 Å². The number of nitrogens with zero attached hydrogens (tertiary/aromatic N) is 4. The lowest BCUT2D eigenvalue weighted by molar-refractivity contribution is -0.128. The van der Waals surface area contributed by atoms with E-state index in [1.165, 1.54) is 36.7 Å². The molecule has 0 bridgehead atoms. The van der Waals surface area contributed by atoms with Gasteiger partial charge in [-0.25, -0.2) is 4.39 Å². The Hall–Kier alpha value is -1.67. The Balaban J connectivity index is 1.53. The summed E-state index contributed by atoms with van der Waals surface area (Å²) in [7, 11) is 0. The molecular formula is C17H21FN4OS2. The number of hydrogen-bond acceptors (Lipinski definition) is 6. The number of hydrogen-bond donors (Lipinski definition) is 0. The fourth-order valence-electron chi connectivity index (χ4n) is 2.74. The van der Waals surface area contributed by atoms with Crippen molar-refractivity contribution in [1.82, 2.24) is 15.1 Å². The van der Waals surface area contributed by atoms with Crippen LogP contribution < -0.4 is 4.90 Å². The molecule has 1 aromatic carbocycles. The van der Waals surface area contributed by atoms with E-state index in [0.29, 0.717) is 18.8 Å². The molecule has 134 valence electrons. The number of aromatic nitrogens is 2. The standard InChI is InChI=1S/C17H21FN4OS2/c1-2-21(11-13-6-5-7-14(18)10-13)15(23)12-24-17-20-19-16(25-17)22-8-3-4-9-22/h5-7,10H,2-4,8-9,11-12H2,1H3. The number of rotatable bonds is 7. The van der Waals surface area contributed by atoms with Crippen LogP contribution in [0.4, 0.5) is 9.52 Å². The highest BCUT2D eigenvalue weighted by molar-refractivity contribution is 8.01. The second kappa shape index (κ2) is 8.62. The van der Waals surface area contributed by atoms with Gasteiger partial charge >= 0.3 is 0 Å². The summed E-state index contributed by atoms with van der Waals surface area (Å²) in [5.74, 6) is 0.0611. The molecule has 25 heavy (non-hydrogen) atoms. The molecule has 1 aromatic heterocycles. The minimum absolute atomic E-state index is 0.0229. The zero-order chi connectivity index (χ0) is 17.6. The van der Waals surface area contributed by atoms with Crippen LogP contribution in [0.5, 0.6) is 0 Å². The first kappa shape index (κ1) is 18.1. The van der Waals surface area contributed by atoms with Gasteiger partial charge in [0.25, 0.3) is 0 Å². The van der Waals surface area contributed by atoms with E-state index in [-0.39, 0.29) is 11.7 Å². The summed E-state index contributed by atoms with van der Waals surface area (Å²) < 4.78 is 14.1. The Bertz CT molecular complexity index is 718. The third kappa shape index (κ3) is 4.92. The third-order valence-corrected chi connectivity index (χ3v) is 6.19. The summed E-state index contributed by atoms with van der Waals surface area (Å²) >= 11 is 2.96. The lowest BCUT2D eigenvalue weighted by atomic mass is 10.2. The first-order valence-electron chi connectivity index (χ1n) is 8.39. The van der Waals surface area contributed by atoms with E-state index in [1.54, 1.807) is 22.3 Å². The maximum absolute atomic E-state index is 13.3. The van der Waals surface area contributed by atoms with Crippen molar-refractivity contribution in [1.29, 1.82) is 0 Å². The predicted molar refractivity (Wildman–Crippen MR) is 99.6 cm³/mol. The number of carbonyl (C=O) groups excluding carboxylic acids is 1. The van der Waals surface area contributed by atoms with Gasteiger partial charge in [0.2, 0.25) is 11.0 Å². The molecule has 1 saturated heterocycles. The van der Waals surface area contributed by atoms with Crippen LogP contribution in [0, 0.1) is 5.82 Å². The van der Waals surface area contributed by atoms with Crippen molar-refractivity contribution in [3.05, 3.63) is 35.6 Å². The summed E-state index contributed by atoms with van der Waals surface area (Å²) in [5.41, 5.74) is 0.799. The van der Waals surface area contributed by atoms with Crippen molar-refractivity contribution in [3.8, 4) is 0 Å². The predicted octanol–water partition coefficient (Wildman–Crippen LogP) is 3.42. The molecule has 5 nitrogen and oxygen atoms in total. The molecule has 8 heteroatoms. The van der Waals surface area contributed by atoms with Gasteiger partial charge in [-0.1, -0.05) is 35.2 Å². The van der Waals surface area contributed by atoms with Crippen molar-refractivity contribution < 1.29 is 9.18 Å². The van der Waals surface area contributed by atoms with Gasteiger partial charge in [0, 0.05) is 26.2 Å². The van der Waals surface area contributed by atoms with Crippen molar-refractivity contribution in [2.45, 2.75) is 30.6 Å². The summed E-state index contributed by atoms with van der Waals surface area (Å²) in [5, 5.41) is 9.35. The normalized spacial score (nSPS) is 14.1. The van der Waals surface area contributed by atoms with Gasteiger partial charge in [-0.05, 0) is 37.5 Å². The first-order valence-corrected chi connectivity index (χ1v) is 10.2. The molecule has 0 saturated carbocycles. The first-order chi connectivity index (χ1) is 12.2. The molecule has 1 fully saturated rings.